The minimum atomic E-state index is -0.351. The maximum Gasteiger partial charge on any atom is 0.255 e. The third kappa shape index (κ3) is 3.65. The number of hydrogen-bond acceptors (Lipinski definition) is 3. The third-order valence-corrected chi connectivity index (χ3v) is 4.14. The van der Waals surface area contributed by atoms with Crippen molar-refractivity contribution < 1.29 is 15.0 Å². The fourth-order valence-corrected chi connectivity index (χ4v) is 3.02. The van der Waals surface area contributed by atoms with Gasteiger partial charge < -0.3 is 15.5 Å². The molecule has 2 atom stereocenters. The Morgan fingerprint density at radius 1 is 1.35 bits per heavy atom. The second-order valence-corrected chi connectivity index (χ2v) is 5.86. The lowest BCUT2D eigenvalue weighted by molar-refractivity contribution is 0.0946. The molecule has 0 heterocycles. The number of para-hydroxylation sites is 1. The lowest BCUT2D eigenvalue weighted by Crippen LogP contribution is -2.27. The number of nitrogens with one attached hydrogen (secondary N) is 1. The van der Waals surface area contributed by atoms with Crippen molar-refractivity contribution in [1.29, 1.82) is 0 Å². The highest BCUT2D eigenvalue weighted by Crippen LogP contribution is 2.30. The van der Waals surface area contributed by atoms with E-state index in [0.29, 0.717) is 12.5 Å². The van der Waals surface area contributed by atoms with Gasteiger partial charge in [-0.1, -0.05) is 32.3 Å². The van der Waals surface area contributed by atoms with E-state index in [1.165, 1.54) is 37.8 Å². The normalized spacial score (nSPS) is 22.4. The molecular weight excluding hydrogens is 254 g/mol. The highest BCUT2D eigenvalue weighted by atomic mass is 16.3. The van der Waals surface area contributed by atoms with E-state index in [4.69, 9.17) is 0 Å². The van der Waals surface area contributed by atoms with E-state index < -0.39 is 0 Å². The lowest BCUT2D eigenvalue weighted by Gasteiger charge is -2.26. The van der Waals surface area contributed by atoms with Gasteiger partial charge in [0.25, 0.3) is 5.91 Å². The molecule has 1 saturated carbocycles. The summed E-state index contributed by atoms with van der Waals surface area (Å²) in [5, 5.41) is 21.8. The summed E-state index contributed by atoms with van der Waals surface area (Å²) in [4.78, 5) is 11.9. The fraction of sp³-hybridized carbons (Fsp3) is 0.562. The maximum atomic E-state index is 11.9. The van der Waals surface area contributed by atoms with Gasteiger partial charge in [-0.15, -0.1) is 0 Å². The van der Waals surface area contributed by atoms with Crippen LogP contribution in [-0.4, -0.2) is 22.7 Å². The van der Waals surface area contributed by atoms with Crippen molar-refractivity contribution in [2.75, 3.05) is 6.54 Å². The van der Waals surface area contributed by atoms with Crippen LogP contribution in [0.2, 0.25) is 0 Å². The zero-order valence-corrected chi connectivity index (χ0v) is 11.9. The SMILES string of the molecule is CC1CCCC(CCNC(=O)c2cccc(O)c2O)C1. The predicted octanol–water partition coefficient (Wildman–Crippen LogP) is 3.04. The van der Waals surface area contributed by atoms with Gasteiger partial charge in [0.1, 0.15) is 0 Å². The average molecular weight is 277 g/mol. The van der Waals surface area contributed by atoms with Crippen LogP contribution in [-0.2, 0) is 0 Å². The van der Waals surface area contributed by atoms with E-state index in [9.17, 15) is 15.0 Å². The van der Waals surface area contributed by atoms with Crippen molar-refractivity contribution in [3.63, 3.8) is 0 Å². The molecule has 4 nitrogen and oxygen atoms in total. The molecule has 0 aliphatic heterocycles. The molecule has 0 spiro atoms. The summed E-state index contributed by atoms with van der Waals surface area (Å²) in [6.07, 6.45) is 6.08. The van der Waals surface area contributed by atoms with Gasteiger partial charge in [0.05, 0.1) is 5.56 Å². The van der Waals surface area contributed by atoms with E-state index in [1.807, 2.05) is 0 Å². The van der Waals surface area contributed by atoms with Crippen LogP contribution in [0.4, 0.5) is 0 Å². The number of rotatable bonds is 4. The second-order valence-electron chi connectivity index (χ2n) is 5.86. The molecule has 4 heteroatoms. The number of benzene rings is 1. The molecule has 0 bridgehead atoms. The quantitative estimate of drug-likeness (QED) is 0.741. The molecule has 2 rings (SSSR count). The summed E-state index contributed by atoms with van der Waals surface area (Å²) in [5.41, 5.74) is 0.127. The van der Waals surface area contributed by atoms with Crippen LogP contribution in [0.15, 0.2) is 18.2 Å². The van der Waals surface area contributed by atoms with Gasteiger partial charge in [0, 0.05) is 6.54 Å². The van der Waals surface area contributed by atoms with Crippen molar-refractivity contribution in [2.45, 2.75) is 39.0 Å². The van der Waals surface area contributed by atoms with E-state index in [0.717, 1.165) is 12.3 Å². The molecule has 1 amide bonds. The largest absolute Gasteiger partial charge is 0.504 e. The average Bonchev–Trinajstić information content (AvgIpc) is 2.42. The second kappa shape index (κ2) is 6.64. The fourth-order valence-electron chi connectivity index (χ4n) is 3.02. The van der Waals surface area contributed by atoms with E-state index >= 15 is 0 Å². The van der Waals surface area contributed by atoms with Gasteiger partial charge >= 0.3 is 0 Å². The number of phenolic OH excluding ortho intramolecular Hbond substituents is 2. The first-order valence-electron chi connectivity index (χ1n) is 7.37. The van der Waals surface area contributed by atoms with Crippen LogP contribution >= 0.6 is 0 Å². The number of aromatic hydroxyl groups is 2. The molecule has 1 aliphatic carbocycles. The molecule has 2 unspecified atom stereocenters. The Balaban J connectivity index is 1.82. The summed E-state index contributed by atoms with van der Waals surface area (Å²) in [5.74, 6) is 0.536. The smallest absolute Gasteiger partial charge is 0.255 e. The van der Waals surface area contributed by atoms with Crippen molar-refractivity contribution in [1.82, 2.24) is 5.32 Å². The Hall–Kier alpha value is -1.71. The first kappa shape index (κ1) is 14.7. The number of hydrogen-bond donors (Lipinski definition) is 3. The summed E-state index contributed by atoms with van der Waals surface area (Å²) in [6.45, 7) is 2.90. The summed E-state index contributed by atoms with van der Waals surface area (Å²) in [6, 6.07) is 4.41. The van der Waals surface area contributed by atoms with Crippen LogP contribution in [0.1, 0.15) is 49.4 Å². The maximum absolute atomic E-state index is 11.9. The molecule has 0 saturated heterocycles. The molecular formula is C16H23NO3. The predicted molar refractivity (Wildman–Crippen MR) is 77.8 cm³/mol. The number of carbonyl (C=O) groups is 1. The number of carbonyl (C=O) groups excluding carboxylic acids is 1. The first-order chi connectivity index (χ1) is 9.58. The zero-order chi connectivity index (χ0) is 14.5. The molecule has 110 valence electrons. The highest BCUT2D eigenvalue weighted by Gasteiger charge is 2.19. The third-order valence-electron chi connectivity index (χ3n) is 4.14. The van der Waals surface area contributed by atoms with E-state index in [1.54, 1.807) is 6.07 Å². The summed E-state index contributed by atoms with van der Waals surface area (Å²) >= 11 is 0. The van der Waals surface area contributed by atoms with Crippen molar-refractivity contribution in [3.05, 3.63) is 23.8 Å². The molecule has 20 heavy (non-hydrogen) atoms. The van der Waals surface area contributed by atoms with Gasteiger partial charge in [-0.05, 0) is 36.8 Å². The topological polar surface area (TPSA) is 69.6 Å². The molecule has 1 fully saturated rings. The van der Waals surface area contributed by atoms with Crippen LogP contribution in [0.3, 0.4) is 0 Å². The Labute approximate surface area is 119 Å². The molecule has 1 aromatic carbocycles. The lowest BCUT2D eigenvalue weighted by atomic mass is 9.81. The van der Waals surface area contributed by atoms with Crippen molar-refractivity contribution in [3.8, 4) is 11.5 Å². The Bertz CT molecular complexity index is 473. The molecule has 0 radical (unpaired) electrons. The highest BCUT2D eigenvalue weighted by molar-refractivity contribution is 5.97. The Morgan fingerprint density at radius 2 is 2.15 bits per heavy atom. The van der Waals surface area contributed by atoms with Crippen LogP contribution in [0, 0.1) is 11.8 Å². The molecule has 0 aromatic heterocycles. The minimum absolute atomic E-state index is 0.127. The van der Waals surface area contributed by atoms with Gasteiger partial charge in [-0.3, -0.25) is 4.79 Å². The van der Waals surface area contributed by atoms with Gasteiger partial charge in [-0.2, -0.15) is 0 Å². The Kier molecular flexibility index (Phi) is 4.88. The van der Waals surface area contributed by atoms with Crippen LogP contribution in [0.5, 0.6) is 11.5 Å². The molecule has 1 aliphatic rings. The standard InChI is InChI=1S/C16H23NO3/c1-11-4-2-5-12(10-11)8-9-17-16(20)13-6-3-7-14(18)15(13)19/h3,6-7,11-12,18-19H,2,4-5,8-10H2,1H3,(H,17,20). The molecule has 3 N–H and O–H groups in total. The van der Waals surface area contributed by atoms with Crippen molar-refractivity contribution >= 4 is 5.91 Å². The van der Waals surface area contributed by atoms with Gasteiger partial charge in [0.2, 0.25) is 0 Å². The van der Waals surface area contributed by atoms with Gasteiger partial charge in [0.15, 0.2) is 11.5 Å². The van der Waals surface area contributed by atoms with E-state index in [-0.39, 0.29) is 23.0 Å². The van der Waals surface area contributed by atoms with Crippen molar-refractivity contribution in [2.24, 2.45) is 11.8 Å². The molecule has 1 aromatic rings. The van der Waals surface area contributed by atoms with Crippen LogP contribution < -0.4 is 5.32 Å². The monoisotopic (exact) mass is 277 g/mol. The summed E-state index contributed by atoms with van der Waals surface area (Å²) < 4.78 is 0. The number of amides is 1. The van der Waals surface area contributed by atoms with Crippen LogP contribution in [0.25, 0.3) is 0 Å². The number of phenols is 2. The minimum Gasteiger partial charge on any atom is -0.504 e. The first-order valence-corrected chi connectivity index (χ1v) is 7.37. The Morgan fingerprint density at radius 3 is 2.90 bits per heavy atom. The summed E-state index contributed by atoms with van der Waals surface area (Å²) in [7, 11) is 0. The van der Waals surface area contributed by atoms with E-state index in [2.05, 4.69) is 12.2 Å². The van der Waals surface area contributed by atoms with Gasteiger partial charge in [-0.25, -0.2) is 0 Å². The zero-order valence-electron chi connectivity index (χ0n) is 11.9.